The fourth-order valence-electron chi connectivity index (χ4n) is 3.01. The van der Waals surface area contributed by atoms with E-state index in [0.29, 0.717) is 23.4 Å². The number of likely N-dealkylation sites (tertiary alicyclic amines) is 1. The molecule has 1 aromatic carbocycles. The fourth-order valence-corrected chi connectivity index (χ4v) is 3.21. The summed E-state index contributed by atoms with van der Waals surface area (Å²) in [6.45, 7) is 1.60. The maximum absolute atomic E-state index is 12.5. The summed E-state index contributed by atoms with van der Waals surface area (Å²) in [5.74, 6) is 0.744. The van der Waals surface area contributed by atoms with Crippen molar-refractivity contribution < 1.29 is 14.3 Å². The van der Waals surface area contributed by atoms with Gasteiger partial charge in [0, 0.05) is 43.9 Å². The minimum absolute atomic E-state index is 0.0554. The molecule has 0 aliphatic carbocycles. The Labute approximate surface area is 143 Å². The predicted octanol–water partition coefficient (Wildman–Crippen LogP) is 2.07. The largest absolute Gasteiger partial charge is 0.496 e. The lowest BCUT2D eigenvalue weighted by atomic mass is 10.1. The van der Waals surface area contributed by atoms with Gasteiger partial charge < -0.3 is 14.4 Å². The van der Waals surface area contributed by atoms with E-state index in [-0.39, 0.29) is 18.4 Å². The van der Waals surface area contributed by atoms with Crippen molar-refractivity contribution in [2.75, 3.05) is 41.4 Å². The SMILES string of the molecule is COc1ccc(Cl)cc1CC(=O)N(C)C[C@@H]1C[C@H](OC)CN1C. The number of amides is 1. The summed E-state index contributed by atoms with van der Waals surface area (Å²) in [4.78, 5) is 16.5. The smallest absolute Gasteiger partial charge is 0.226 e. The number of nitrogens with zero attached hydrogens (tertiary/aromatic N) is 2. The van der Waals surface area contributed by atoms with Crippen LogP contribution in [0.3, 0.4) is 0 Å². The number of carbonyl (C=O) groups excluding carboxylic acids is 1. The van der Waals surface area contributed by atoms with Gasteiger partial charge in [-0.2, -0.15) is 0 Å². The molecule has 2 atom stereocenters. The summed E-state index contributed by atoms with van der Waals surface area (Å²) in [7, 11) is 7.25. The van der Waals surface area contributed by atoms with Crippen LogP contribution in [0.25, 0.3) is 0 Å². The molecule has 1 amide bonds. The number of hydrogen-bond donors (Lipinski definition) is 0. The highest BCUT2D eigenvalue weighted by atomic mass is 35.5. The summed E-state index contributed by atoms with van der Waals surface area (Å²) < 4.78 is 10.7. The first-order valence-electron chi connectivity index (χ1n) is 7.74. The van der Waals surface area contributed by atoms with E-state index in [1.807, 2.05) is 7.05 Å². The van der Waals surface area contributed by atoms with Crippen LogP contribution in [0.5, 0.6) is 5.75 Å². The second-order valence-corrected chi connectivity index (χ2v) is 6.53. The van der Waals surface area contributed by atoms with Crippen molar-refractivity contribution >= 4 is 17.5 Å². The summed E-state index contributed by atoms with van der Waals surface area (Å²) in [5, 5.41) is 0.606. The Bertz CT molecular complexity index is 553. The van der Waals surface area contributed by atoms with Gasteiger partial charge >= 0.3 is 0 Å². The Morgan fingerprint density at radius 2 is 2.17 bits per heavy atom. The van der Waals surface area contributed by atoms with Gasteiger partial charge in [-0.25, -0.2) is 0 Å². The highest BCUT2D eigenvalue weighted by molar-refractivity contribution is 6.30. The summed E-state index contributed by atoms with van der Waals surface area (Å²) in [6.07, 6.45) is 1.48. The van der Waals surface area contributed by atoms with E-state index in [0.717, 1.165) is 18.5 Å². The van der Waals surface area contributed by atoms with Gasteiger partial charge in [-0.15, -0.1) is 0 Å². The standard InChI is InChI=1S/C17H25ClN2O3/c1-19-11-15(22-3)9-14(19)10-20(2)17(21)8-12-7-13(18)5-6-16(12)23-4/h5-7,14-15H,8-11H2,1-4H3/t14-,15-/m0/s1. The molecule has 0 N–H and O–H groups in total. The zero-order chi connectivity index (χ0) is 17.0. The Morgan fingerprint density at radius 3 is 2.78 bits per heavy atom. The molecule has 0 saturated carbocycles. The van der Waals surface area contributed by atoms with Crippen LogP contribution in [0, 0.1) is 0 Å². The number of likely N-dealkylation sites (N-methyl/N-ethyl adjacent to an activating group) is 2. The van der Waals surface area contributed by atoms with Crippen molar-refractivity contribution in [1.29, 1.82) is 0 Å². The van der Waals surface area contributed by atoms with Crippen LogP contribution in [-0.2, 0) is 16.0 Å². The van der Waals surface area contributed by atoms with E-state index in [1.54, 1.807) is 37.3 Å². The summed E-state index contributed by atoms with van der Waals surface area (Å²) >= 11 is 6.02. The molecular formula is C17H25ClN2O3. The normalized spacial score (nSPS) is 21.4. The van der Waals surface area contributed by atoms with E-state index in [1.165, 1.54) is 0 Å². The van der Waals surface area contributed by atoms with Crippen LogP contribution in [0.1, 0.15) is 12.0 Å². The number of carbonyl (C=O) groups is 1. The Balaban J connectivity index is 1.97. The van der Waals surface area contributed by atoms with Crippen LogP contribution in [-0.4, -0.2) is 69.3 Å². The average Bonchev–Trinajstić information content (AvgIpc) is 2.87. The predicted molar refractivity (Wildman–Crippen MR) is 91.2 cm³/mol. The lowest BCUT2D eigenvalue weighted by Crippen LogP contribution is -2.40. The molecule has 23 heavy (non-hydrogen) atoms. The molecule has 0 bridgehead atoms. The molecule has 0 spiro atoms. The van der Waals surface area contributed by atoms with E-state index < -0.39 is 0 Å². The van der Waals surface area contributed by atoms with Crippen LogP contribution >= 0.6 is 11.6 Å². The molecule has 1 aromatic rings. The van der Waals surface area contributed by atoms with E-state index in [4.69, 9.17) is 21.1 Å². The molecule has 0 radical (unpaired) electrons. The minimum atomic E-state index is 0.0554. The van der Waals surface area contributed by atoms with Crippen molar-refractivity contribution in [3.8, 4) is 5.75 Å². The van der Waals surface area contributed by atoms with Gasteiger partial charge in [0.25, 0.3) is 0 Å². The number of halogens is 1. The van der Waals surface area contributed by atoms with Gasteiger partial charge in [0.2, 0.25) is 5.91 Å². The zero-order valence-corrected chi connectivity index (χ0v) is 15.0. The molecule has 1 saturated heterocycles. The van der Waals surface area contributed by atoms with Crippen molar-refractivity contribution in [2.45, 2.75) is 25.0 Å². The summed E-state index contributed by atoms with van der Waals surface area (Å²) in [5.41, 5.74) is 0.811. The van der Waals surface area contributed by atoms with Gasteiger partial charge in [-0.05, 0) is 31.7 Å². The first kappa shape index (κ1) is 18.0. The average molecular weight is 341 g/mol. The number of rotatable bonds is 6. The van der Waals surface area contributed by atoms with Crippen LogP contribution in [0.2, 0.25) is 5.02 Å². The molecule has 2 rings (SSSR count). The van der Waals surface area contributed by atoms with Crippen molar-refractivity contribution in [2.24, 2.45) is 0 Å². The molecule has 0 unspecified atom stereocenters. The van der Waals surface area contributed by atoms with E-state index in [2.05, 4.69) is 11.9 Å². The van der Waals surface area contributed by atoms with Crippen molar-refractivity contribution in [1.82, 2.24) is 9.80 Å². The lowest BCUT2D eigenvalue weighted by Gasteiger charge is -2.26. The number of hydrogen-bond acceptors (Lipinski definition) is 4. The minimum Gasteiger partial charge on any atom is -0.496 e. The number of benzene rings is 1. The maximum atomic E-state index is 12.5. The zero-order valence-electron chi connectivity index (χ0n) is 14.2. The third kappa shape index (κ3) is 4.59. The molecule has 1 aliphatic heterocycles. The molecule has 0 aromatic heterocycles. The third-order valence-electron chi connectivity index (χ3n) is 4.48. The quantitative estimate of drug-likeness (QED) is 0.795. The van der Waals surface area contributed by atoms with E-state index in [9.17, 15) is 4.79 Å². The van der Waals surface area contributed by atoms with Gasteiger partial charge in [0.1, 0.15) is 5.75 Å². The Morgan fingerprint density at radius 1 is 1.43 bits per heavy atom. The monoisotopic (exact) mass is 340 g/mol. The Hall–Kier alpha value is -1.30. The molecule has 5 nitrogen and oxygen atoms in total. The molecule has 1 heterocycles. The molecule has 128 valence electrons. The molecular weight excluding hydrogens is 316 g/mol. The second-order valence-electron chi connectivity index (χ2n) is 6.09. The summed E-state index contributed by atoms with van der Waals surface area (Å²) in [6, 6.07) is 5.67. The number of ether oxygens (including phenoxy) is 2. The van der Waals surface area contributed by atoms with Crippen molar-refractivity contribution in [3.05, 3.63) is 28.8 Å². The third-order valence-corrected chi connectivity index (χ3v) is 4.71. The maximum Gasteiger partial charge on any atom is 0.226 e. The van der Waals surface area contributed by atoms with Crippen LogP contribution < -0.4 is 4.74 Å². The topological polar surface area (TPSA) is 42.0 Å². The Kier molecular flexibility index (Phi) is 6.27. The second kappa shape index (κ2) is 7.99. The van der Waals surface area contributed by atoms with Crippen LogP contribution in [0.15, 0.2) is 18.2 Å². The lowest BCUT2D eigenvalue weighted by molar-refractivity contribution is -0.129. The highest BCUT2D eigenvalue weighted by Crippen LogP contribution is 2.24. The first-order chi connectivity index (χ1) is 10.9. The van der Waals surface area contributed by atoms with Gasteiger partial charge in [0.05, 0.1) is 19.6 Å². The fraction of sp³-hybridized carbons (Fsp3) is 0.588. The highest BCUT2D eigenvalue weighted by Gasteiger charge is 2.31. The van der Waals surface area contributed by atoms with E-state index >= 15 is 0 Å². The van der Waals surface area contributed by atoms with Gasteiger partial charge in [-0.3, -0.25) is 9.69 Å². The number of methoxy groups -OCH3 is 2. The molecule has 6 heteroatoms. The molecule has 1 fully saturated rings. The van der Waals surface area contributed by atoms with Gasteiger partial charge in [0.15, 0.2) is 0 Å². The first-order valence-corrected chi connectivity index (χ1v) is 8.11. The van der Waals surface area contributed by atoms with Gasteiger partial charge in [-0.1, -0.05) is 11.6 Å². The van der Waals surface area contributed by atoms with Crippen molar-refractivity contribution in [3.63, 3.8) is 0 Å². The molecule has 1 aliphatic rings. The van der Waals surface area contributed by atoms with Crippen LogP contribution in [0.4, 0.5) is 0 Å².